The topological polar surface area (TPSA) is 78.3 Å². The van der Waals surface area contributed by atoms with E-state index in [0.29, 0.717) is 30.3 Å². The molecule has 1 N–H and O–H groups in total. The Kier molecular flexibility index (Phi) is 7.15. The highest BCUT2D eigenvalue weighted by molar-refractivity contribution is 6.04. The van der Waals surface area contributed by atoms with Gasteiger partial charge in [-0.05, 0) is 48.9 Å². The molecule has 1 saturated heterocycles. The van der Waals surface area contributed by atoms with Crippen molar-refractivity contribution in [2.45, 2.75) is 32.0 Å². The third kappa shape index (κ3) is 5.86. The number of alkyl halides is 3. The zero-order valence-corrected chi connectivity index (χ0v) is 20.5. The second kappa shape index (κ2) is 10.7. The Bertz CT molecular complexity index is 1450. The quantitative estimate of drug-likeness (QED) is 0.333. The predicted octanol–water partition coefficient (Wildman–Crippen LogP) is 6.07. The minimum Gasteiger partial charge on any atom is -0.489 e. The Morgan fingerprint density at radius 3 is 2.66 bits per heavy atom. The van der Waals surface area contributed by atoms with Crippen LogP contribution >= 0.6 is 0 Å². The molecule has 10 heteroatoms. The lowest BCUT2D eigenvalue weighted by atomic mass is 10.1. The van der Waals surface area contributed by atoms with E-state index < -0.39 is 17.6 Å². The number of halogens is 3. The number of carbonyl (C=O) groups is 1. The molecule has 0 atom stereocenters. The number of benzene rings is 2. The highest BCUT2D eigenvalue weighted by Gasteiger charge is 2.31. The van der Waals surface area contributed by atoms with Crippen LogP contribution in [0.3, 0.4) is 0 Å². The molecule has 5 rings (SSSR count). The summed E-state index contributed by atoms with van der Waals surface area (Å²) < 4.78 is 52.2. The first-order valence-corrected chi connectivity index (χ1v) is 12.1. The van der Waals surface area contributed by atoms with E-state index in [9.17, 15) is 18.0 Å². The number of rotatable bonds is 6. The summed E-state index contributed by atoms with van der Waals surface area (Å²) in [5.74, 6) is 0.0390. The van der Waals surface area contributed by atoms with E-state index >= 15 is 0 Å². The number of hydrogen-bond acceptors (Lipinski definition) is 5. The van der Waals surface area contributed by atoms with E-state index in [2.05, 4.69) is 15.4 Å². The second-order valence-electron chi connectivity index (χ2n) is 9.05. The van der Waals surface area contributed by atoms with E-state index in [-0.39, 0.29) is 11.7 Å². The first-order chi connectivity index (χ1) is 18.3. The molecule has 2 aromatic heterocycles. The standard InChI is InChI=1S/C28H25F3N4O3/c1-18-5-6-23(34-27(36)19-3-2-4-22(11-19)28(29,30)31)13-26(18)35-17-21(15-33-35)20-12-25(16-32-14-20)38-24-7-9-37-10-8-24/h2-6,11-17,24H,7-10H2,1H3,(H,34,36). The third-order valence-corrected chi connectivity index (χ3v) is 6.27. The number of amides is 1. The normalized spacial score (nSPS) is 14.3. The summed E-state index contributed by atoms with van der Waals surface area (Å²) in [6.07, 6.45) is 4.21. The summed E-state index contributed by atoms with van der Waals surface area (Å²) in [6, 6.07) is 11.5. The Morgan fingerprint density at radius 1 is 1.05 bits per heavy atom. The highest BCUT2D eigenvalue weighted by atomic mass is 19.4. The molecular formula is C28H25F3N4O3. The van der Waals surface area contributed by atoms with Crippen LogP contribution in [0.15, 0.2) is 73.3 Å². The molecule has 1 aliphatic rings. The van der Waals surface area contributed by atoms with Crippen molar-refractivity contribution >= 4 is 11.6 Å². The van der Waals surface area contributed by atoms with Crippen LogP contribution in [0, 0.1) is 6.92 Å². The van der Waals surface area contributed by atoms with Crippen molar-refractivity contribution < 1.29 is 27.4 Å². The third-order valence-electron chi connectivity index (χ3n) is 6.27. The fraction of sp³-hybridized carbons (Fsp3) is 0.250. The maximum absolute atomic E-state index is 13.0. The van der Waals surface area contributed by atoms with Gasteiger partial charge in [0.15, 0.2) is 0 Å². The number of carbonyl (C=O) groups excluding carboxylic acids is 1. The monoisotopic (exact) mass is 522 g/mol. The summed E-state index contributed by atoms with van der Waals surface area (Å²) in [5, 5.41) is 7.16. The van der Waals surface area contributed by atoms with Gasteiger partial charge in [0, 0.05) is 47.6 Å². The van der Waals surface area contributed by atoms with E-state index in [1.165, 1.54) is 12.1 Å². The second-order valence-corrected chi connectivity index (χ2v) is 9.05. The molecule has 3 heterocycles. The fourth-order valence-electron chi connectivity index (χ4n) is 4.21. The molecule has 0 unspecified atom stereocenters. The van der Waals surface area contributed by atoms with Gasteiger partial charge in [-0.25, -0.2) is 4.68 Å². The number of aromatic nitrogens is 3. The summed E-state index contributed by atoms with van der Waals surface area (Å²) in [7, 11) is 0. The SMILES string of the molecule is Cc1ccc(NC(=O)c2cccc(C(F)(F)F)c2)cc1-n1cc(-c2cncc(OC3CCOCC3)c2)cn1. The molecule has 0 bridgehead atoms. The van der Waals surface area contributed by atoms with Crippen LogP contribution in [0.2, 0.25) is 0 Å². The van der Waals surface area contributed by atoms with Gasteiger partial charge in [-0.2, -0.15) is 18.3 Å². The average Bonchev–Trinajstić information content (AvgIpc) is 3.40. The van der Waals surface area contributed by atoms with Gasteiger partial charge in [-0.3, -0.25) is 9.78 Å². The minimum atomic E-state index is -4.53. The van der Waals surface area contributed by atoms with Crippen molar-refractivity contribution in [2.75, 3.05) is 18.5 Å². The molecule has 0 aliphatic carbocycles. The van der Waals surface area contributed by atoms with Gasteiger partial charge in [-0.1, -0.05) is 12.1 Å². The van der Waals surface area contributed by atoms with Gasteiger partial charge in [0.25, 0.3) is 5.91 Å². The number of pyridine rings is 1. The van der Waals surface area contributed by atoms with Gasteiger partial charge in [0.1, 0.15) is 11.9 Å². The van der Waals surface area contributed by atoms with Crippen molar-refractivity contribution in [3.05, 3.63) is 90.0 Å². The molecule has 1 fully saturated rings. The van der Waals surface area contributed by atoms with Crippen LogP contribution in [0.4, 0.5) is 18.9 Å². The largest absolute Gasteiger partial charge is 0.489 e. The smallest absolute Gasteiger partial charge is 0.416 e. The van der Waals surface area contributed by atoms with E-state index in [4.69, 9.17) is 9.47 Å². The minimum absolute atomic E-state index is 0.0846. The van der Waals surface area contributed by atoms with Crippen molar-refractivity contribution in [2.24, 2.45) is 0 Å². The lowest BCUT2D eigenvalue weighted by Crippen LogP contribution is -2.25. The number of nitrogens with zero attached hydrogens (tertiary/aromatic N) is 3. The van der Waals surface area contributed by atoms with Crippen LogP contribution in [-0.4, -0.2) is 40.0 Å². The van der Waals surface area contributed by atoms with Gasteiger partial charge in [0.05, 0.1) is 36.9 Å². The number of aryl methyl sites for hydroxylation is 1. The zero-order valence-electron chi connectivity index (χ0n) is 20.5. The lowest BCUT2D eigenvalue weighted by Gasteiger charge is -2.23. The molecule has 4 aromatic rings. The fourth-order valence-corrected chi connectivity index (χ4v) is 4.21. The van der Waals surface area contributed by atoms with Crippen molar-refractivity contribution in [3.63, 3.8) is 0 Å². The first-order valence-electron chi connectivity index (χ1n) is 12.1. The number of nitrogens with one attached hydrogen (secondary N) is 1. The molecule has 0 spiro atoms. The lowest BCUT2D eigenvalue weighted by molar-refractivity contribution is -0.137. The maximum Gasteiger partial charge on any atom is 0.416 e. The Balaban J connectivity index is 1.34. The Morgan fingerprint density at radius 2 is 1.87 bits per heavy atom. The van der Waals surface area contributed by atoms with Crippen molar-refractivity contribution in [1.82, 2.24) is 14.8 Å². The van der Waals surface area contributed by atoms with Gasteiger partial charge >= 0.3 is 6.18 Å². The van der Waals surface area contributed by atoms with E-state index in [1.807, 2.05) is 25.3 Å². The molecule has 1 aliphatic heterocycles. The Labute approximate surface area is 217 Å². The summed E-state index contributed by atoms with van der Waals surface area (Å²) >= 11 is 0. The highest BCUT2D eigenvalue weighted by Crippen LogP contribution is 2.30. The van der Waals surface area contributed by atoms with Gasteiger partial charge < -0.3 is 14.8 Å². The number of anilines is 1. The summed E-state index contributed by atoms with van der Waals surface area (Å²) in [5.41, 5.74) is 2.74. The molecule has 2 aromatic carbocycles. The number of hydrogen-bond donors (Lipinski definition) is 1. The van der Waals surface area contributed by atoms with Crippen LogP contribution in [-0.2, 0) is 10.9 Å². The van der Waals surface area contributed by atoms with Gasteiger partial charge in [-0.15, -0.1) is 0 Å². The van der Waals surface area contributed by atoms with Crippen molar-refractivity contribution in [3.8, 4) is 22.6 Å². The predicted molar refractivity (Wildman–Crippen MR) is 135 cm³/mol. The molecule has 0 radical (unpaired) electrons. The van der Waals surface area contributed by atoms with Crippen LogP contribution in [0.25, 0.3) is 16.8 Å². The van der Waals surface area contributed by atoms with E-state index in [0.717, 1.165) is 41.7 Å². The molecular weight excluding hydrogens is 497 g/mol. The average molecular weight is 523 g/mol. The first kappa shape index (κ1) is 25.5. The van der Waals surface area contributed by atoms with Crippen LogP contribution < -0.4 is 10.1 Å². The molecule has 0 saturated carbocycles. The van der Waals surface area contributed by atoms with Crippen LogP contribution in [0.5, 0.6) is 5.75 Å². The maximum atomic E-state index is 13.0. The molecule has 196 valence electrons. The summed E-state index contributed by atoms with van der Waals surface area (Å²) in [4.78, 5) is 17.0. The van der Waals surface area contributed by atoms with Gasteiger partial charge in [0.2, 0.25) is 0 Å². The zero-order chi connectivity index (χ0) is 26.7. The van der Waals surface area contributed by atoms with Crippen molar-refractivity contribution in [1.29, 1.82) is 0 Å². The number of ether oxygens (including phenoxy) is 2. The molecule has 7 nitrogen and oxygen atoms in total. The van der Waals surface area contributed by atoms with E-state index in [1.54, 1.807) is 35.4 Å². The van der Waals surface area contributed by atoms with Crippen LogP contribution in [0.1, 0.15) is 34.3 Å². The molecule has 38 heavy (non-hydrogen) atoms. The molecule has 1 amide bonds. The summed E-state index contributed by atoms with van der Waals surface area (Å²) in [6.45, 7) is 3.27. The Hall–Kier alpha value is -4.18.